The Morgan fingerprint density at radius 2 is 1.75 bits per heavy atom. The van der Waals surface area contributed by atoms with Gasteiger partial charge < -0.3 is 4.90 Å². The van der Waals surface area contributed by atoms with Gasteiger partial charge in [-0.3, -0.25) is 9.59 Å². The number of piperidine rings is 1. The van der Waals surface area contributed by atoms with Gasteiger partial charge in [-0.15, -0.1) is 0 Å². The molecule has 2 heterocycles. The minimum Gasteiger partial charge on any atom is -0.337 e. The van der Waals surface area contributed by atoms with Gasteiger partial charge in [0.05, 0.1) is 0 Å². The smallest absolute Gasteiger partial charge is 0.272 e. The van der Waals surface area contributed by atoms with E-state index in [4.69, 9.17) is 11.6 Å². The summed E-state index contributed by atoms with van der Waals surface area (Å²) < 4.78 is 0.839. The summed E-state index contributed by atoms with van der Waals surface area (Å²) in [4.78, 5) is 30.9. The summed E-state index contributed by atoms with van der Waals surface area (Å²) >= 11 is 9.17. The first kappa shape index (κ1) is 17.1. The number of rotatable bonds is 3. The number of likely N-dealkylation sites (tertiary alicyclic amines) is 1. The minimum absolute atomic E-state index is 0.0481. The molecule has 1 aromatic carbocycles. The zero-order chi connectivity index (χ0) is 17.1. The van der Waals surface area contributed by atoms with Gasteiger partial charge >= 0.3 is 0 Å². The fourth-order valence-corrected chi connectivity index (χ4v) is 3.22. The molecular formula is C18H16BrClN2O2. The van der Waals surface area contributed by atoms with Crippen LogP contribution in [0.4, 0.5) is 0 Å². The number of benzene rings is 1. The van der Waals surface area contributed by atoms with Crippen molar-refractivity contribution in [2.45, 2.75) is 12.8 Å². The van der Waals surface area contributed by atoms with E-state index in [9.17, 15) is 9.59 Å². The zero-order valence-corrected chi connectivity index (χ0v) is 15.3. The van der Waals surface area contributed by atoms with Crippen molar-refractivity contribution in [1.29, 1.82) is 0 Å². The van der Waals surface area contributed by atoms with Crippen molar-refractivity contribution in [3.63, 3.8) is 0 Å². The van der Waals surface area contributed by atoms with E-state index in [1.807, 2.05) is 0 Å². The predicted octanol–water partition coefficient (Wildman–Crippen LogP) is 4.23. The standard InChI is InChI=1S/C18H16BrClN2O2/c19-14-3-6-16(21-11-14)18(24)22-9-7-13(8-10-22)17(23)12-1-4-15(20)5-2-12/h1-6,11,13H,7-10H2. The van der Waals surface area contributed by atoms with Crippen LogP contribution in [0.5, 0.6) is 0 Å². The predicted molar refractivity (Wildman–Crippen MR) is 96.3 cm³/mol. The van der Waals surface area contributed by atoms with E-state index >= 15 is 0 Å². The molecule has 0 bridgehead atoms. The summed E-state index contributed by atoms with van der Waals surface area (Å²) in [5.74, 6) is -0.00599. The number of hydrogen-bond acceptors (Lipinski definition) is 3. The largest absolute Gasteiger partial charge is 0.337 e. The lowest BCUT2D eigenvalue weighted by Crippen LogP contribution is -2.40. The highest BCUT2D eigenvalue weighted by atomic mass is 79.9. The van der Waals surface area contributed by atoms with Crippen molar-refractivity contribution < 1.29 is 9.59 Å². The van der Waals surface area contributed by atoms with Gasteiger partial charge in [0, 0.05) is 40.3 Å². The molecule has 24 heavy (non-hydrogen) atoms. The summed E-state index contributed by atoms with van der Waals surface area (Å²) in [5.41, 5.74) is 1.11. The van der Waals surface area contributed by atoms with E-state index in [2.05, 4.69) is 20.9 Å². The van der Waals surface area contributed by atoms with Crippen LogP contribution in [0.25, 0.3) is 0 Å². The third-order valence-corrected chi connectivity index (χ3v) is 4.95. The molecule has 1 saturated heterocycles. The van der Waals surface area contributed by atoms with Crippen LogP contribution in [-0.4, -0.2) is 34.7 Å². The van der Waals surface area contributed by atoms with Gasteiger partial charge in [-0.05, 0) is 65.2 Å². The maximum atomic E-state index is 12.5. The average Bonchev–Trinajstić information content (AvgIpc) is 2.62. The number of carbonyl (C=O) groups is 2. The molecule has 6 heteroatoms. The summed E-state index contributed by atoms with van der Waals surface area (Å²) in [6, 6.07) is 10.5. The van der Waals surface area contributed by atoms with Crippen LogP contribution in [0.1, 0.15) is 33.7 Å². The van der Waals surface area contributed by atoms with Gasteiger partial charge in [0.1, 0.15) is 5.69 Å². The van der Waals surface area contributed by atoms with Crippen molar-refractivity contribution >= 4 is 39.2 Å². The molecule has 0 N–H and O–H groups in total. The molecule has 1 amide bonds. The Balaban J connectivity index is 1.61. The number of amides is 1. The molecule has 1 aliphatic rings. The third kappa shape index (κ3) is 3.84. The fraction of sp³-hybridized carbons (Fsp3) is 0.278. The Kier molecular flexibility index (Phi) is 5.31. The van der Waals surface area contributed by atoms with Gasteiger partial charge in [0.25, 0.3) is 5.91 Å². The lowest BCUT2D eigenvalue weighted by atomic mass is 9.89. The molecular weight excluding hydrogens is 392 g/mol. The van der Waals surface area contributed by atoms with Crippen LogP contribution >= 0.6 is 27.5 Å². The van der Waals surface area contributed by atoms with Crippen LogP contribution in [0.15, 0.2) is 47.1 Å². The number of ketones is 1. The number of hydrogen-bond donors (Lipinski definition) is 0. The van der Waals surface area contributed by atoms with Crippen molar-refractivity contribution in [2.75, 3.05) is 13.1 Å². The van der Waals surface area contributed by atoms with Crippen LogP contribution in [0, 0.1) is 5.92 Å². The Hall–Kier alpha value is -1.72. The van der Waals surface area contributed by atoms with Gasteiger partial charge in [-0.25, -0.2) is 4.98 Å². The number of aromatic nitrogens is 1. The Morgan fingerprint density at radius 3 is 2.33 bits per heavy atom. The quantitative estimate of drug-likeness (QED) is 0.715. The number of halogens is 2. The maximum Gasteiger partial charge on any atom is 0.272 e. The van der Waals surface area contributed by atoms with E-state index in [1.54, 1.807) is 47.5 Å². The second-order valence-corrected chi connectivity index (χ2v) is 7.15. The minimum atomic E-state index is -0.0834. The van der Waals surface area contributed by atoms with Crippen molar-refractivity contribution in [2.24, 2.45) is 5.92 Å². The van der Waals surface area contributed by atoms with Gasteiger partial charge in [-0.1, -0.05) is 11.6 Å². The van der Waals surface area contributed by atoms with Crippen molar-refractivity contribution in [1.82, 2.24) is 9.88 Å². The second-order valence-electron chi connectivity index (χ2n) is 5.80. The second kappa shape index (κ2) is 7.45. The van der Waals surface area contributed by atoms with E-state index in [1.165, 1.54) is 0 Å². The molecule has 3 rings (SSSR count). The topological polar surface area (TPSA) is 50.3 Å². The molecule has 1 aliphatic heterocycles. The van der Waals surface area contributed by atoms with Gasteiger partial charge in [0.2, 0.25) is 0 Å². The number of pyridine rings is 1. The molecule has 0 radical (unpaired) electrons. The van der Waals surface area contributed by atoms with Crippen molar-refractivity contribution in [3.05, 3.63) is 63.3 Å². The number of carbonyl (C=O) groups excluding carboxylic acids is 2. The maximum absolute atomic E-state index is 12.5. The highest BCUT2D eigenvalue weighted by molar-refractivity contribution is 9.10. The summed E-state index contributed by atoms with van der Waals surface area (Å²) in [7, 11) is 0. The Morgan fingerprint density at radius 1 is 1.08 bits per heavy atom. The van der Waals surface area contributed by atoms with E-state index in [0.717, 1.165) is 4.47 Å². The van der Waals surface area contributed by atoms with E-state index in [-0.39, 0.29) is 17.6 Å². The van der Waals surface area contributed by atoms with Crippen LogP contribution in [0.3, 0.4) is 0 Å². The Labute approximate surface area is 154 Å². The zero-order valence-electron chi connectivity index (χ0n) is 12.9. The molecule has 1 aromatic heterocycles. The summed E-state index contributed by atoms with van der Waals surface area (Å²) in [6.45, 7) is 1.14. The van der Waals surface area contributed by atoms with Gasteiger partial charge in [0.15, 0.2) is 5.78 Å². The summed E-state index contributed by atoms with van der Waals surface area (Å²) in [6.07, 6.45) is 2.96. The highest BCUT2D eigenvalue weighted by Gasteiger charge is 2.28. The monoisotopic (exact) mass is 406 g/mol. The SMILES string of the molecule is O=C(c1ccc(Cl)cc1)C1CCN(C(=O)c2ccc(Br)cn2)CC1. The number of nitrogens with zero attached hydrogens (tertiary/aromatic N) is 2. The molecule has 0 unspecified atom stereocenters. The normalized spacial score (nSPS) is 15.3. The molecule has 2 aromatic rings. The van der Waals surface area contributed by atoms with E-state index < -0.39 is 0 Å². The molecule has 0 spiro atoms. The van der Waals surface area contributed by atoms with E-state index in [0.29, 0.717) is 42.2 Å². The summed E-state index contributed by atoms with van der Waals surface area (Å²) in [5, 5.41) is 0.619. The van der Waals surface area contributed by atoms with Gasteiger partial charge in [-0.2, -0.15) is 0 Å². The highest BCUT2D eigenvalue weighted by Crippen LogP contribution is 2.23. The first-order valence-corrected chi connectivity index (χ1v) is 8.92. The van der Waals surface area contributed by atoms with Crippen LogP contribution in [0.2, 0.25) is 5.02 Å². The first-order valence-electron chi connectivity index (χ1n) is 7.75. The van der Waals surface area contributed by atoms with Crippen LogP contribution < -0.4 is 0 Å². The third-order valence-electron chi connectivity index (χ3n) is 4.23. The lowest BCUT2D eigenvalue weighted by Gasteiger charge is -2.31. The van der Waals surface area contributed by atoms with Crippen molar-refractivity contribution in [3.8, 4) is 0 Å². The number of Topliss-reactive ketones (excluding diaryl/α,β-unsaturated/α-hetero) is 1. The Bertz CT molecular complexity index is 673. The fourth-order valence-electron chi connectivity index (χ4n) is 2.86. The first-order chi connectivity index (χ1) is 11.5. The van der Waals surface area contributed by atoms with Crippen LogP contribution in [-0.2, 0) is 0 Å². The average molecular weight is 408 g/mol. The molecule has 124 valence electrons. The lowest BCUT2D eigenvalue weighted by molar-refractivity contribution is 0.0645. The molecule has 0 atom stereocenters. The molecule has 0 aliphatic carbocycles. The molecule has 4 nitrogen and oxygen atoms in total. The molecule has 1 fully saturated rings. The molecule has 0 saturated carbocycles.